The highest BCUT2D eigenvalue weighted by atomic mass is 79.9. The molecule has 0 aliphatic carbocycles. The first kappa shape index (κ1) is 18.8. The molecular formula is C20H18BrN3O3. The molecule has 0 spiro atoms. The van der Waals surface area contributed by atoms with E-state index in [-0.39, 0.29) is 12.4 Å². The third-order valence-electron chi connectivity index (χ3n) is 4.00. The summed E-state index contributed by atoms with van der Waals surface area (Å²) in [5, 5.41) is 15.0. The predicted molar refractivity (Wildman–Crippen MR) is 104 cm³/mol. The van der Waals surface area contributed by atoms with E-state index in [9.17, 15) is 10.1 Å². The van der Waals surface area contributed by atoms with Gasteiger partial charge in [-0.25, -0.2) is 0 Å². The molecule has 2 aromatic carbocycles. The van der Waals surface area contributed by atoms with Crippen LogP contribution < -0.4 is 20.1 Å². The first-order valence-electron chi connectivity index (χ1n) is 8.41. The lowest BCUT2D eigenvalue weighted by molar-refractivity contribution is -0.117. The fourth-order valence-electron chi connectivity index (χ4n) is 2.56. The van der Waals surface area contributed by atoms with Gasteiger partial charge in [0.1, 0.15) is 11.6 Å². The molecule has 0 aromatic heterocycles. The summed E-state index contributed by atoms with van der Waals surface area (Å²) in [5.74, 6) is 0.923. The number of nitrogens with one attached hydrogen (secondary N) is 2. The van der Waals surface area contributed by atoms with Gasteiger partial charge in [0, 0.05) is 23.8 Å². The number of carbonyl (C=O) groups excluding carboxylic acids is 1. The Kier molecular flexibility index (Phi) is 6.34. The average Bonchev–Trinajstić information content (AvgIpc) is 3.15. The van der Waals surface area contributed by atoms with Crippen LogP contribution in [-0.4, -0.2) is 19.2 Å². The normalized spacial score (nSPS) is 12.4. The molecule has 1 heterocycles. The van der Waals surface area contributed by atoms with Crippen molar-refractivity contribution in [2.45, 2.75) is 13.0 Å². The molecule has 27 heavy (non-hydrogen) atoms. The minimum Gasteiger partial charge on any atom is -0.454 e. The van der Waals surface area contributed by atoms with Crippen LogP contribution in [-0.2, 0) is 17.8 Å². The number of rotatable bonds is 7. The summed E-state index contributed by atoms with van der Waals surface area (Å²) in [4.78, 5) is 12.2. The maximum Gasteiger partial charge on any atom is 0.263 e. The molecule has 0 fully saturated rings. The van der Waals surface area contributed by atoms with Crippen molar-refractivity contribution < 1.29 is 14.3 Å². The van der Waals surface area contributed by atoms with Gasteiger partial charge in [-0.1, -0.05) is 40.2 Å². The van der Waals surface area contributed by atoms with Crippen LogP contribution in [0.1, 0.15) is 11.1 Å². The van der Waals surface area contributed by atoms with Gasteiger partial charge in [-0.15, -0.1) is 0 Å². The lowest BCUT2D eigenvalue weighted by Crippen LogP contribution is -2.25. The van der Waals surface area contributed by atoms with E-state index in [2.05, 4.69) is 26.6 Å². The number of halogens is 1. The number of benzene rings is 2. The second-order valence-corrected chi connectivity index (χ2v) is 6.69. The Balaban J connectivity index is 1.49. The molecule has 0 bridgehead atoms. The van der Waals surface area contributed by atoms with Crippen molar-refractivity contribution in [3.05, 3.63) is 69.8 Å². The maximum absolute atomic E-state index is 12.2. The summed E-state index contributed by atoms with van der Waals surface area (Å²) in [6, 6.07) is 15.3. The Hall–Kier alpha value is -2.98. The van der Waals surface area contributed by atoms with E-state index >= 15 is 0 Å². The number of nitriles is 1. The van der Waals surface area contributed by atoms with Crippen molar-refractivity contribution in [2.24, 2.45) is 0 Å². The molecule has 0 saturated carbocycles. The molecule has 1 aliphatic rings. The van der Waals surface area contributed by atoms with Gasteiger partial charge in [0.15, 0.2) is 11.5 Å². The van der Waals surface area contributed by atoms with Crippen LogP contribution >= 0.6 is 15.9 Å². The van der Waals surface area contributed by atoms with Crippen molar-refractivity contribution in [3.63, 3.8) is 0 Å². The molecule has 7 heteroatoms. The van der Waals surface area contributed by atoms with E-state index in [4.69, 9.17) is 9.47 Å². The summed E-state index contributed by atoms with van der Waals surface area (Å²) in [5.41, 5.74) is 2.05. The van der Waals surface area contributed by atoms with Crippen LogP contribution in [0.25, 0.3) is 0 Å². The molecule has 2 N–H and O–H groups in total. The molecule has 1 amide bonds. The van der Waals surface area contributed by atoms with Crippen LogP contribution in [0.15, 0.2) is 58.7 Å². The van der Waals surface area contributed by atoms with Gasteiger partial charge in [-0.2, -0.15) is 5.26 Å². The van der Waals surface area contributed by atoms with Crippen molar-refractivity contribution in [1.29, 1.82) is 5.26 Å². The molecule has 0 unspecified atom stereocenters. The molecule has 3 rings (SSSR count). The highest BCUT2D eigenvalue weighted by Crippen LogP contribution is 2.32. The zero-order valence-corrected chi connectivity index (χ0v) is 16.1. The van der Waals surface area contributed by atoms with Gasteiger partial charge in [0.05, 0.1) is 0 Å². The van der Waals surface area contributed by atoms with Crippen LogP contribution in [0.5, 0.6) is 11.5 Å². The minimum atomic E-state index is -0.427. The fourth-order valence-corrected chi connectivity index (χ4v) is 3.04. The second kappa shape index (κ2) is 9.10. The summed E-state index contributed by atoms with van der Waals surface area (Å²) in [7, 11) is 0. The first-order valence-corrected chi connectivity index (χ1v) is 9.20. The summed E-state index contributed by atoms with van der Waals surface area (Å²) >= 11 is 3.50. The van der Waals surface area contributed by atoms with Crippen molar-refractivity contribution in [2.75, 3.05) is 13.3 Å². The van der Waals surface area contributed by atoms with Crippen LogP contribution in [0.3, 0.4) is 0 Å². The number of hydrogen-bond donors (Lipinski definition) is 2. The highest BCUT2D eigenvalue weighted by molar-refractivity contribution is 9.10. The molecule has 2 aromatic rings. The molecule has 1 aliphatic heterocycles. The quantitative estimate of drug-likeness (QED) is 0.403. The fraction of sp³-hybridized carbons (Fsp3) is 0.200. The number of hydrogen-bond acceptors (Lipinski definition) is 5. The molecule has 0 atom stereocenters. The van der Waals surface area contributed by atoms with Gasteiger partial charge < -0.3 is 20.1 Å². The second-order valence-electron chi connectivity index (χ2n) is 5.84. The van der Waals surface area contributed by atoms with E-state index < -0.39 is 5.91 Å². The number of nitrogens with zero attached hydrogens (tertiary/aromatic N) is 1. The predicted octanol–water partition coefficient (Wildman–Crippen LogP) is 3.03. The lowest BCUT2D eigenvalue weighted by atomic mass is 10.1. The minimum absolute atomic E-state index is 0.0304. The van der Waals surface area contributed by atoms with Gasteiger partial charge >= 0.3 is 0 Å². The van der Waals surface area contributed by atoms with Crippen molar-refractivity contribution in [1.82, 2.24) is 10.6 Å². The summed E-state index contributed by atoms with van der Waals surface area (Å²) < 4.78 is 11.6. The standard InChI is InChI=1S/C20H18BrN3O3/c21-17-4-2-1-3-15(17)7-8-23-12-16(10-22)20(25)24-11-14-5-6-18-19(9-14)27-13-26-18/h1-6,9,12,23H,7-8,11,13H2,(H,24,25)/b16-12-. The smallest absolute Gasteiger partial charge is 0.263 e. The SMILES string of the molecule is N#C/C(=C/NCCc1ccccc1Br)C(=O)NCc1ccc2c(c1)OCO2. The van der Waals surface area contributed by atoms with Crippen molar-refractivity contribution >= 4 is 21.8 Å². The maximum atomic E-state index is 12.2. The number of ether oxygens (including phenoxy) is 2. The summed E-state index contributed by atoms with van der Waals surface area (Å²) in [6.45, 7) is 1.12. The van der Waals surface area contributed by atoms with Gasteiger partial charge in [0.2, 0.25) is 6.79 Å². The zero-order chi connectivity index (χ0) is 19.1. The first-order chi connectivity index (χ1) is 13.2. The zero-order valence-electron chi connectivity index (χ0n) is 14.5. The van der Waals surface area contributed by atoms with E-state index in [0.29, 0.717) is 24.6 Å². The van der Waals surface area contributed by atoms with E-state index in [1.54, 1.807) is 6.07 Å². The molecule has 0 radical (unpaired) electrons. The topological polar surface area (TPSA) is 83.4 Å². The monoisotopic (exact) mass is 427 g/mol. The Labute approximate surface area is 165 Å². The van der Waals surface area contributed by atoms with Crippen LogP contribution in [0, 0.1) is 11.3 Å². The Morgan fingerprint density at radius 3 is 2.85 bits per heavy atom. The Morgan fingerprint density at radius 2 is 2.04 bits per heavy atom. The van der Waals surface area contributed by atoms with E-state index in [0.717, 1.165) is 22.0 Å². The third-order valence-corrected chi connectivity index (χ3v) is 4.77. The lowest BCUT2D eigenvalue weighted by Gasteiger charge is -2.07. The molecule has 138 valence electrons. The molecular weight excluding hydrogens is 410 g/mol. The third kappa shape index (κ3) is 5.02. The van der Waals surface area contributed by atoms with E-state index in [1.807, 2.05) is 42.5 Å². The summed E-state index contributed by atoms with van der Waals surface area (Å²) in [6.07, 6.45) is 2.22. The largest absolute Gasteiger partial charge is 0.454 e. The van der Waals surface area contributed by atoms with Gasteiger partial charge in [0.25, 0.3) is 5.91 Å². The number of carbonyl (C=O) groups is 1. The van der Waals surface area contributed by atoms with Crippen LogP contribution in [0.4, 0.5) is 0 Å². The van der Waals surface area contributed by atoms with Gasteiger partial charge in [-0.05, 0) is 35.7 Å². The highest BCUT2D eigenvalue weighted by Gasteiger charge is 2.14. The van der Waals surface area contributed by atoms with Crippen LogP contribution in [0.2, 0.25) is 0 Å². The average molecular weight is 428 g/mol. The Bertz CT molecular complexity index is 906. The number of fused-ring (bicyclic) bond motifs is 1. The number of amides is 1. The molecule has 6 nitrogen and oxygen atoms in total. The molecule has 0 saturated heterocycles. The Morgan fingerprint density at radius 1 is 1.22 bits per heavy atom. The van der Waals surface area contributed by atoms with E-state index in [1.165, 1.54) is 6.20 Å². The van der Waals surface area contributed by atoms with Gasteiger partial charge in [-0.3, -0.25) is 4.79 Å². The van der Waals surface area contributed by atoms with Crippen molar-refractivity contribution in [3.8, 4) is 17.6 Å².